The van der Waals surface area contributed by atoms with Crippen LogP contribution in [0.2, 0.25) is 0 Å². The van der Waals surface area contributed by atoms with E-state index in [1.165, 1.54) is 17.0 Å². The minimum absolute atomic E-state index is 0.0204. The number of halogens is 3. The Hall–Kier alpha value is -2.08. The molecule has 0 radical (unpaired) electrons. The Morgan fingerprint density at radius 3 is 2.53 bits per heavy atom. The van der Waals surface area contributed by atoms with Crippen molar-refractivity contribution in [2.45, 2.75) is 55.0 Å². The first-order chi connectivity index (χ1) is 13.9. The van der Waals surface area contributed by atoms with E-state index >= 15 is 0 Å². The maximum absolute atomic E-state index is 13.6. The number of furan rings is 1. The molecule has 0 saturated carbocycles. The van der Waals surface area contributed by atoms with Crippen LogP contribution in [0, 0.1) is 0 Å². The molecule has 8 nitrogen and oxygen atoms in total. The quantitative estimate of drug-likeness (QED) is 0.748. The normalized spacial score (nSPS) is 25.7. The Morgan fingerprint density at radius 1 is 1.23 bits per heavy atom. The van der Waals surface area contributed by atoms with Crippen molar-refractivity contribution in [3.63, 3.8) is 0 Å². The summed E-state index contributed by atoms with van der Waals surface area (Å²) in [6.07, 6.45) is -2.82. The van der Waals surface area contributed by atoms with Crippen LogP contribution >= 0.6 is 0 Å². The number of nitrogens with one attached hydrogen (secondary N) is 1. The molecule has 2 aliphatic heterocycles. The van der Waals surface area contributed by atoms with E-state index in [1.54, 1.807) is 0 Å². The fourth-order valence-corrected chi connectivity index (χ4v) is 4.25. The summed E-state index contributed by atoms with van der Waals surface area (Å²) in [5, 5.41) is 2.04. The molecule has 3 rings (SSSR count). The number of nitrogens with zero attached hydrogens (tertiary/aromatic N) is 1. The van der Waals surface area contributed by atoms with Gasteiger partial charge in [0.2, 0.25) is 20.5 Å². The lowest BCUT2D eigenvalue weighted by Gasteiger charge is -2.39. The summed E-state index contributed by atoms with van der Waals surface area (Å²) in [5.74, 6) is -2.03. The summed E-state index contributed by atoms with van der Waals surface area (Å²) in [5.41, 5.74) is -2.87. The number of hydrogen-bond acceptors (Lipinski definition) is 6. The average molecular weight is 452 g/mol. The first-order valence-electron chi connectivity index (χ1n) is 9.55. The molecule has 30 heavy (non-hydrogen) atoms. The van der Waals surface area contributed by atoms with Crippen LogP contribution in [0.25, 0.3) is 0 Å². The molecule has 0 aromatic carbocycles. The molecule has 2 amide bonds. The molecule has 1 aromatic rings. The van der Waals surface area contributed by atoms with Crippen molar-refractivity contribution in [2.24, 2.45) is 0 Å². The SMILES string of the molecule is CS(=O)(=O)c1ccc(C(=O)N2CCCC(NC(=O)C3(C(F)(F)F)CCCCO3)C2)o1. The lowest BCUT2D eigenvalue weighted by Crippen LogP contribution is -2.63. The Morgan fingerprint density at radius 2 is 1.97 bits per heavy atom. The fourth-order valence-electron chi connectivity index (χ4n) is 3.70. The van der Waals surface area contributed by atoms with Gasteiger partial charge in [0.1, 0.15) is 0 Å². The van der Waals surface area contributed by atoms with Crippen LogP contribution in [-0.2, 0) is 19.4 Å². The summed E-state index contributed by atoms with van der Waals surface area (Å²) < 4.78 is 73.9. The van der Waals surface area contributed by atoms with E-state index in [4.69, 9.17) is 9.15 Å². The predicted octanol–water partition coefficient (Wildman–Crippen LogP) is 1.91. The van der Waals surface area contributed by atoms with Gasteiger partial charge in [0.15, 0.2) is 5.76 Å². The van der Waals surface area contributed by atoms with Gasteiger partial charge in [-0.15, -0.1) is 0 Å². The number of alkyl halides is 3. The summed E-state index contributed by atoms with van der Waals surface area (Å²) in [7, 11) is -3.62. The van der Waals surface area contributed by atoms with Gasteiger partial charge < -0.3 is 19.4 Å². The van der Waals surface area contributed by atoms with E-state index in [0.29, 0.717) is 25.8 Å². The molecular formula is C18H23F3N2O6S. The summed E-state index contributed by atoms with van der Waals surface area (Å²) in [6, 6.07) is 1.71. The van der Waals surface area contributed by atoms with Crippen molar-refractivity contribution in [3.05, 3.63) is 17.9 Å². The minimum Gasteiger partial charge on any atom is -0.440 e. The van der Waals surface area contributed by atoms with Gasteiger partial charge in [-0.3, -0.25) is 9.59 Å². The number of carbonyl (C=O) groups is 2. The highest BCUT2D eigenvalue weighted by Gasteiger charge is 2.62. The van der Waals surface area contributed by atoms with E-state index in [-0.39, 0.29) is 30.4 Å². The van der Waals surface area contributed by atoms with Gasteiger partial charge in [-0.05, 0) is 44.2 Å². The molecule has 168 valence electrons. The third-order valence-corrected chi connectivity index (χ3v) is 6.25. The lowest BCUT2D eigenvalue weighted by atomic mass is 9.91. The average Bonchev–Trinajstić information content (AvgIpc) is 3.18. The van der Waals surface area contributed by atoms with Crippen LogP contribution in [0.4, 0.5) is 13.2 Å². The monoisotopic (exact) mass is 452 g/mol. The van der Waals surface area contributed by atoms with Crippen molar-refractivity contribution in [1.29, 1.82) is 0 Å². The Balaban J connectivity index is 1.69. The zero-order valence-corrected chi connectivity index (χ0v) is 17.1. The second kappa shape index (κ2) is 8.22. The first-order valence-corrected chi connectivity index (χ1v) is 11.4. The maximum atomic E-state index is 13.6. The van der Waals surface area contributed by atoms with Crippen molar-refractivity contribution in [3.8, 4) is 0 Å². The summed E-state index contributed by atoms with van der Waals surface area (Å²) in [4.78, 5) is 26.5. The minimum atomic E-state index is -4.85. The number of hydrogen-bond donors (Lipinski definition) is 1. The van der Waals surface area contributed by atoms with Crippen LogP contribution in [0.3, 0.4) is 0 Å². The number of sulfone groups is 1. The molecule has 2 saturated heterocycles. The van der Waals surface area contributed by atoms with E-state index < -0.39 is 45.9 Å². The Bertz CT molecular complexity index is 905. The van der Waals surface area contributed by atoms with Crippen molar-refractivity contribution < 1.29 is 40.3 Å². The highest BCUT2D eigenvalue weighted by atomic mass is 32.2. The largest absolute Gasteiger partial charge is 0.440 e. The number of amides is 2. The van der Waals surface area contributed by atoms with Crippen LogP contribution in [0.15, 0.2) is 21.6 Å². The maximum Gasteiger partial charge on any atom is 0.426 e. The molecule has 1 aromatic heterocycles. The molecule has 1 N–H and O–H groups in total. The number of carbonyl (C=O) groups excluding carboxylic acids is 2. The molecule has 0 bridgehead atoms. The molecule has 2 atom stereocenters. The highest BCUT2D eigenvalue weighted by Crippen LogP contribution is 2.40. The van der Waals surface area contributed by atoms with E-state index in [1.807, 2.05) is 0 Å². The van der Waals surface area contributed by atoms with Crippen LogP contribution in [0.1, 0.15) is 42.7 Å². The molecule has 3 heterocycles. The van der Waals surface area contributed by atoms with Gasteiger partial charge in [-0.2, -0.15) is 13.2 Å². The summed E-state index contributed by atoms with van der Waals surface area (Å²) >= 11 is 0. The van der Waals surface area contributed by atoms with Gasteiger partial charge in [-0.1, -0.05) is 0 Å². The first kappa shape index (κ1) is 22.6. The number of rotatable bonds is 4. The number of likely N-dealkylation sites (tertiary alicyclic amines) is 1. The van der Waals surface area contributed by atoms with Gasteiger partial charge in [-0.25, -0.2) is 8.42 Å². The van der Waals surface area contributed by atoms with Crippen molar-refractivity contribution >= 4 is 21.7 Å². The third-order valence-electron chi connectivity index (χ3n) is 5.30. The van der Waals surface area contributed by atoms with Gasteiger partial charge in [0.25, 0.3) is 11.8 Å². The molecular weight excluding hydrogens is 429 g/mol. The van der Waals surface area contributed by atoms with Crippen LogP contribution < -0.4 is 5.32 Å². The van der Waals surface area contributed by atoms with E-state index in [0.717, 1.165) is 6.26 Å². The van der Waals surface area contributed by atoms with Crippen LogP contribution in [0.5, 0.6) is 0 Å². The standard InChI is InChI=1S/C18H23F3N2O6S/c1-30(26,27)14-7-6-13(29-14)15(24)23-9-4-5-12(11-23)22-16(25)17(18(19,20)21)8-2-3-10-28-17/h6-7,12H,2-5,8-11H2,1H3,(H,22,25). The van der Waals surface area contributed by atoms with E-state index in [9.17, 15) is 31.2 Å². The molecule has 2 aliphatic rings. The molecule has 0 spiro atoms. The second-order valence-electron chi connectivity index (χ2n) is 7.58. The molecule has 12 heteroatoms. The van der Waals surface area contributed by atoms with Gasteiger partial charge in [0, 0.05) is 32.0 Å². The Kier molecular flexibility index (Phi) is 6.19. The topological polar surface area (TPSA) is 106 Å². The van der Waals surface area contributed by atoms with Gasteiger partial charge >= 0.3 is 6.18 Å². The lowest BCUT2D eigenvalue weighted by molar-refractivity contribution is -0.277. The van der Waals surface area contributed by atoms with Crippen LogP contribution in [-0.4, -0.2) is 68.9 Å². The number of ether oxygens (including phenoxy) is 1. The van der Waals surface area contributed by atoms with Crippen molar-refractivity contribution in [1.82, 2.24) is 10.2 Å². The zero-order valence-electron chi connectivity index (χ0n) is 16.3. The third kappa shape index (κ3) is 4.48. The molecule has 2 fully saturated rings. The Labute approximate surface area is 171 Å². The highest BCUT2D eigenvalue weighted by molar-refractivity contribution is 7.90. The predicted molar refractivity (Wildman–Crippen MR) is 97.5 cm³/mol. The smallest absolute Gasteiger partial charge is 0.426 e. The fraction of sp³-hybridized carbons (Fsp3) is 0.667. The van der Waals surface area contributed by atoms with Gasteiger partial charge in [0.05, 0.1) is 0 Å². The van der Waals surface area contributed by atoms with Crippen molar-refractivity contribution in [2.75, 3.05) is 26.0 Å². The van der Waals surface area contributed by atoms with E-state index in [2.05, 4.69) is 5.32 Å². The number of piperidine rings is 1. The second-order valence-corrected chi connectivity index (χ2v) is 9.53. The zero-order chi connectivity index (χ0) is 22.2. The summed E-state index contributed by atoms with van der Waals surface area (Å²) in [6.45, 7) is 0.137. The molecule has 0 aliphatic carbocycles. The molecule has 2 unspecified atom stereocenters.